The Kier molecular flexibility index (Phi) is 5.94. The number of pyridine rings is 1. The van der Waals surface area contributed by atoms with Crippen LogP contribution in [-0.4, -0.2) is 30.5 Å². The molecular weight excluding hydrogens is 476 g/mol. The zero-order chi connectivity index (χ0) is 26.5. The molecule has 0 radical (unpaired) electrons. The number of methoxy groups -OCH3 is 2. The van der Waals surface area contributed by atoms with Gasteiger partial charge in [0, 0.05) is 47.4 Å². The van der Waals surface area contributed by atoms with E-state index in [-0.39, 0.29) is 23.7 Å². The van der Waals surface area contributed by atoms with Crippen molar-refractivity contribution in [2.45, 2.75) is 56.5 Å². The Morgan fingerprint density at radius 2 is 1.84 bits per heavy atom. The van der Waals surface area contributed by atoms with Crippen molar-refractivity contribution in [3.63, 3.8) is 0 Å². The Hall–Kier alpha value is -3.93. The van der Waals surface area contributed by atoms with Crippen molar-refractivity contribution >= 4 is 17.0 Å². The van der Waals surface area contributed by atoms with Crippen LogP contribution in [0, 0.1) is 23.0 Å². The van der Waals surface area contributed by atoms with Crippen molar-refractivity contribution in [3.05, 3.63) is 65.3 Å². The lowest BCUT2D eigenvalue weighted by molar-refractivity contribution is 0.330. The number of rotatable bonds is 6. The van der Waals surface area contributed by atoms with Gasteiger partial charge in [-0.25, -0.2) is 8.78 Å². The summed E-state index contributed by atoms with van der Waals surface area (Å²) >= 11 is 0. The van der Waals surface area contributed by atoms with Gasteiger partial charge >= 0.3 is 0 Å². The maximum Gasteiger partial charge on any atom is 0.191 e. The zero-order valence-corrected chi connectivity index (χ0v) is 21.2. The first-order valence-corrected chi connectivity index (χ1v) is 12.2. The summed E-state index contributed by atoms with van der Waals surface area (Å²) in [5.74, 6) is -1.85. The second-order valence-corrected chi connectivity index (χ2v) is 9.87. The lowest BCUT2D eigenvalue weighted by Gasteiger charge is -2.39. The number of anilines is 1. The Morgan fingerprint density at radius 1 is 1.19 bits per heavy atom. The Labute approximate surface area is 214 Å². The molecule has 5 rings (SSSR count). The smallest absolute Gasteiger partial charge is 0.191 e. The van der Waals surface area contributed by atoms with E-state index in [1.807, 2.05) is 13.0 Å². The zero-order valence-electron chi connectivity index (χ0n) is 21.2. The van der Waals surface area contributed by atoms with E-state index >= 15 is 8.78 Å². The molecular formula is C28H29F2N5O2. The molecule has 1 aromatic carbocycles. The van der Waals surface area contributed by atoms with Gasteiger partial charge in [-0.3, -0.25) is 9.98 Å². The summed E-state index contributed by atoms with van der Waals surface area (Å²) in [6.45, 7) is 6.30. The number of nitriles is 1. The van der Waals surface area contributed by atoms with Gasteiger partial charge in [0.1, 0.15) is 11.2 Å². The topological polar surface area (TPSA) is 96.8 Å². The van der Waals surface area contributed by atoms with Crippen LogP contribution < -0.4 is 20.1 Å². The van der Waals surface area contributed by atoms with Crippen molar-refractivity contribution in [3.8, 4) is 17.6 Å². The molecule has 37 heavy (non-hydrogen) atoms. The average Bonchev–Trinajstić information content (AvgIpc) is 3.67. The van der Waals surface area contributed by atoms with E-state index in [1.165, 1.54) is 26.5 Å². The van der Waals surface area contributed by atoms with Crippen LogP contribution in [0.1, 0.15) is 55.8 Å². The highest BCUT2D eigenvalue weighted by molar-refractivity contribution is 6.22. The highest BCUT2D eigenvalue weighted by atomic mass is 19.1. The third-order valence-electron chi connectivity index (χ3n) is 7.88. The fourth-order valence-corrected chi connectivity index (χ4v) is 5.42. The molecule has 3 aliphatic rings. The maximum atomic E-state index is 15.4. The van der Waals surface area contributed by atoms with Crippen LogP contribution in [0.25, 0.3) is 5.57 Å². The lowest BCUT2D eigenvalue weighted by Crippen LogP contribution is -2.36. The van der Waals surface area contributed by atoms with Crippen LogP contribution in [0.5, 0.6) is 11.5 Å². The number of ether oxygens (including phenoxy) is 2. The van der Waals surface area contributed by atoms with Gasteiger partial charge in [0.05, 0.1) is 26.0 Å². The van der Waals surface area contributed by atoms with Crippen molar-refractivity contribution in [1.82, 2.24) is 4.98 Å². The van der Waals surface area contributed by atoms with E-state index in [9.17, 15) is 5.26 Å². The van der Waals surface area contributed by atoms with E-state index in [2.05, 4.69) is 17.6 Å². The number of nitrogens with zero attached hydrogens (tertiary/aromatic N) is 4. The molecule has 2 aliphatic carbocycles. The molecule has 2 aromatic rings. The Balaban J connectivity index is 1.56. The van der Waals surface area contributed by atoms with E-state index in [4.69, 9.17) is 20.2 Å². The van der Waals surface area contributed by atoms with Gasteiger partial charge in [-0.15, -0.1) is 0 Å². The van der Waals surface area contributed by atoms with Gasteiger partial charge in [-0.2, -0.15) is 5.26 Å². The molecule has 7 nitrogen and oxygen atoms in total. The SMILES string of the molecule is C=C1N(c2c(F)c(OC)cc(OC)c2F)Cc2cnc(C(=CN)C(C)=NC3(C#N)CCC3)cc2C12CC2. The molecule has 0 bridgehead atoms. The largest absolute Gasteiger partial charge is 0.493 e. The summed E-state index contributed by atoms with van der Waals surface area (Å²) in [7, 11) is 2.65. The molecule has 9 heteroatoms. The summed E-state index contributed by atoms with van der Waals surface area (Å²) in [6, 6.07) is 5.50. The third kappa shape index (κ3) is 3.74. The number of nitrogens with two attached hydrogens (primary N) is 1. The second kappa shape index (κ2) is 8.87. The number of aliphatic imine (C=N–C) groups is 1. The van der Waals surface area contributed by atoms with Crippen LogP contribution in [0.3, 0.4) is 0 Å². The summed E-state index contributed by atoms with van der Waals surface area (Å²) in [5, 5.41) is 9.59. The molecule has 2 fully saturated rings. The average molecular weight is 506 g/mol. The molecule has 1 aromatic heterocycles. The number of benzene rings is 1. The third-order valence-corrected chi connectivity index (χ3v) is 7.88. The number of halogens is 2. The van der Waals surface area contributed by atoms with Gasteiger partial charge in [-0.1, -0.05) is 6.58 Å². The fourth-order valence-electron chi connectivity index (χ4n) is 5.42. The molecule has 2 heterocycles. The number of fused-ring (bicyclic) bond motifs is 2. The van der Waals surface area contributed by atoms with Gasteiger partial charge in [-0.05, 0) is 56.2 Å². The summed E-state index contributed by atoms with van der Waals surface area (Å²) in [4.78, 5) is 10.9. The first kappa shape index (κ1) is 24.8. The highest BCUT2D eigenvalue weighted by Crippen LogP contribution is 2.59. The summed E-state index contributed by atoms with van der Waals surface area (Å²) < 4.78 is 41.0. The van der Waals surface area contributed by atoms with E-state index < -0.39 is 22.6 Å². The predicted molar refractivity (Wildman–Crippen MR) is 137 cm³/mol. The fraction of sp³-hybridized carbons (Fsp3) is 0.393. The van der Waals surface area contributed by atoms with Crippen LogP contribution in [0.4, 0.5) is 14.5 Å². The normalized spacial score (nSPS) is 19.7. The summed E-state index contributed by atoms with van der Waals surface area (Å²) in [6.07, 6.45) is 7.20. The number of aromatic nitrogens is 1. The molecule has 0 amide bonds. The minimum atomic E-state index is -0.812. The van der Waals surface area contributed by atoms with Crippen molar-refractivity contribution in [2.24, 2.45) is 10.7 Å². The van der Waals surface area contributed by atoms with Crippen LogP contribution in [0.15, 0.2) is 41.8 Å². The molecule has 0 unspecified atom stereocenters. The molecule has 0 saturated heterocycles. The molecule has 0 atom stereocenters. The standard InChI is InChI=1S/C28H29F2N5O2/c1-16(34-27(15-32)6-5-7-27)19(12-31)21-10-20-18(13-33-21)14-35(17(2)28(20)8-9-28)26-24(29)22(36-3)11-23(37-4)25(26)30/h10-13H,2,5-9,14,31H2,1,3-4H3. The van der Waals surface area contributed by atoms with Gasteiger partial charge in [0.15, 0.2) is 23.1 Å². The van der Waals surface area contributed by atoms with E-state index in [0.717, 1.165) is 43.2 Å². The number of hydrogen-bond acceptors (Lipinski definition) is 7. The Morgan fingerprint density at radius 3 is 2.32 bits per heavy atom. The molecule has 1 aliphatic heterocycles. The van der Waals surface area contributed by atoms with Gasteiger partial charge in [0.2, 0.25) is 0 Å². The second-order valence-electron chi connectivity index (χ2n) is 9.87. The Bertz CT molecular complexity index is 1370. The molecule has 2 N–H and O–H groups in total. The van der Waals surface area contributed by atoms with Crippen molar-refractivity contribution in [2.75, 3.05) is 19.1 Å². The molecule has 192 valence electrons. The van der Waals surface area contributed by atoms with E-state index in [1.54, 1.807) is 11.1 Å². The number of hydrogen-bond donors (Lipinski definition) is 1. The lowest BCUT2D eigenvalue weighted by atomic mass is 9.78. The first-order valence-electron chi connectivity index (χ1n) is 12.2. The van der Waals surface area contributed by atoms with Crippen LogP contribution >= 0.6 is 0 Å². The minimum Gasteiger partial charge on any atom is -0.493 e. The monoisotopic (exact) mass is 505 g/mol. The maximum absolute atomic E-state index is 15.4. The van der Waals surface area contributed by atoms with Gasteiger partial charge < -0.3 is 20.1 Å². The van der Waals surface area contributed by atoms with Crippen molar-refractivity contribution < 1.29 is 18.3 Å². The van der Waals surface area contributed by atoms with Crippen LogP contribution in [0.2, 0.25) is 0 Å². The van der Waals surface area contributed by atoms with Crippen molar-refractivity contribution in [1.29, 1.82) is 5.26 Å². The first-order chi connectivity index (χ1) is 17.7. The van der Waals surface area contributed by atoms with Crippen LogP contribution in [-0.2, 0) is 12.0 Å². The predicted octanol–water partition coefficient (Wildman–Crippen LogP) is 5.15. The number of allylic oxidation sites excluding steroid dienone is 2. The molecule has 1 spiro atoms. The van der Waals surface area contributed by atoms with E-state index in [0.29, 0.717) is 22.7 Å². The van der Waals surface area contributed by atoms with Gasteiger partial charge in [0.25, 0.3) is 0 Å². The molecule has 2 saturated carbocycles. The highest BCUT2D eigenvalue weighted by Gasteiger charge is 2.53. The summed E-state index contributed by atoms with van der Waals surface area (Å²) in [5.41, 5.74) is 9.00. The quantitative estimate of drug-likeness (QED) is 0.546. The minimum absolute atomic E-state index is 0.112.